The molecule has 0 heterocycles. The van der Waals surface area contributed by atoms with Crippen LogP contribution in [0.4, 0.5) is 0 Å². The van der Waals surface area contributed by atoms with Crippen LogP contribution >= 0.6 is 0 Å². The zero-order valence-electron chi connectivity index (χ0n) is 6.22. The minimum Gasteiger partial charge on any atom is -0.550 e. The van der Waals surface area contributed by atoms with Crippen LogP contribution in [0.5, 0.6) is 0 Å². The summed E-state index contributed by atoms with van der Waals surface area (Å²) in [6.45, 7) is 4.13. The molecule has 0 saturated heterocycles. The topological polar surface area (TPSA) is 66.4 Å². The molecule has 0 aromatic rings. The van der Waals surface area contributed by atoms with Gasteiger partial charge in [0, 0.05) is 12.0 Å². The Bertz CT molecular complexity index is 129. The van der Waals surface area contributed by atoms with E-state index in [4.69, 9.17) is 9.90 Å². The van der Waals surface area contributed by atoms with Crippen LogP contribution in [0.15, 0.2) is 12.7 Å². The van der Waals surface area contributed by atoms with Gasteiger partial charge in [0.2, 0.25) is 0 Å². The van der Waals surface area contributed by atoms with Gasteiger partial charge in [0.25, 0.3) is 0 Å². The van der Waals surface area contributed by atoms with Crippen molar-refractivity contribution >= 4 is 11.9 Å². The van der Waals surface area contributed by atoms with Crippen molar-refractivity contribution in [3.05, 3.63) is 12.7 Å². The van der Waals surface area contributed by atoms with Gasteiger partial charge in [-0.25, -0.2) is 4.79 Å². The van der Waals surface area contributed by atoms with Gasteiger partial charge in [-0.05, 0) is 6.92 Å². The number of aliphatic carboxylic acids is 1. The first kappa shape index (κ1) is 16.7. The number of esters is 1. The summed E-state index contributed by atoms with van der Waals surface area (Å²) in [5.41, 5.74) is 0. The molecule has 0 unspecified atom stereocenters. The standard InChI is InChI=1S/C4H6O2.C2H4O2.Cu/c1-3-4(5)6-2;1-2(3)4;/h3H,1H2,2H3;1H3,(H,3,4);/q;;+1/p-1. The monoisotopic (exact) mass is 208 g/mol. The van der Waals surface area contributed by atoms with Crippen LogP contribution in [0.3, 0.4) is 0 Å². The third-order valence-electron chi connectivity index (χ3n) is 0.368. The average Bonchev–Trinajstić information content (AvgIpc) is 1.85. The smallest absolute Gasteiger partial charge is 0.550 e. The maximum Gasteiger partial charge on any atom is 1.00 e. The van der Waals surface area contributed by atoms with E-state index in [2.05, 4.69) is 11.3 Å². The summed E-state index contributed by atoms with van der Waals surface area (Å²) in [7, 11) is 1.31. The van der Waals surface area contributed by atoms with E-state index >= 15 is 0 Å². The van der Waals surface area contributed by atoms with E-state index in [1.54, 1.807) is 0 Å². The molecule has 0 aromatic carbocycles. The first-order chi connectivity index (χ1) is 4.54. The molecule has 0 N–H and O–H groups in total. The van der Waals surface area contributed by atoms with Crippen LogP contribution in [0.1, 0.15) is 6.92 Å². The van der Waals surface area contributed by atoms with E-state index < -0.39 is 11.9 Å². The summed E-state index contributed by atoms with van der Waals surface area (Å²) < 4.78 is 4.14. The second-order valence-electron chi connectivity index (χ2n) is 1.22. The van der Waals surface area contributed by atoms with Crippen LogP contribution in [-0.2, 0) is 31.4 Å². The van der Waals surface area contributed by atoms with Gasteiger partial charge >= 0.3 is 23.0 Å². The van der Waals surface area contributed by atoms with Crippen molar-refractivity contribution in [2.45, 2.75) is 6.92 Å². The number of ether oxygens (including phenoxy) is 1. The fraction of sp³-hybridized carbons (Fsp3) is 0.333. The number of rotatable bonds is 1. The van der Waals surface area contributed by atoms with Crippen LogP contribution < -0.4 is 5.11 Å². The SMILES string of the molecule is C=CC(=O)OC.CC(=O)[O-].[Cu+]. The molecule has 0 spiro atoms. The molecule has 0 bridgehead atoms. The maximum atomic E-state index is 9.84. The molecule has 0 radical (unpaired) electrons. The predicted molar refractivity (Wildman–Crippen MR) is 32.9 cm³/mol. The number of carboxylic acids is 1. The largest absolute Gasteiger partial charge is 1.00 e. The molecule has 0 atom stereocenters. The Hall–Kier alpha value is -0.801. The molecule has 0 aliphatic carbocycles. The molecule has 0 aliphatic rings. The van der Waals surface area contributed by atoms with Gasteiger partial charge < -0.3 is 14.6 Å². The van der Waals surface area contributed by atoms with E-state index in [-0.39, 0.29) is 17.1 Å². The normalized spacial score (nSPS) is 6.00. The molecule has 0 saturated carbocycles. The van der Waals surface area contributed by atoms with Crippen LogP contribution in [0.2, 0.25) is 0 Å². The van der Waals surface area contributed by atoms with Gasteiger partial charge in [0.15, 0.2) is 0 Å². The number of carboxylic acid groups (broad SMARTS) is 1. The summed E-state index contributed by atoms with van der Waals surface area (Å²) in [4.78, 5) is 18.7. The maximum absolute atomic E-state index is 9.84. The third kappa shape index (κ3) is 46.6. The summed E-state index contributed by atoms with van der Waals surface area (Å²) in [5, 5.41) is 8.89. The molecule has 4 nitrogen and oxygen atoms in total. The van der Waals surface area contributed by atoms with Gasteiger partial charge in [-0.3, -0.25) is 0 Å². The molecule has 0 fully saturated rings. The summed E-state index contributed by atoms with van der Waals surface area (Å²) in [5.74, 6) is -1.48. The minimum atomic E-state index is -1.08. The number of hydrogen-bond donors (Lipinski definition) is 0. The van der Waals surface area contributed by atoms with Gasteiger partial charge in [-0.2, -0.15) is 0 Å². The van der Waals surface area contributed by atoms with Crippen molar-refractivity contribution in [1.82, 2.24) is 0 Å². The zero-order valence-corrected chi connectivity index (χ0v) is 7.16. The molecule has 0 amide bonds. The Labute approximate surface area is 75.7 Å². The van der Waals surface area contributed by atoms with Crippen molar-refractivity contribution in [1.29, 1.82) is 0 Å². The molecular formula is C6H9CuO4. The van der Waals surface area contributed by atoms with Gasteiger partial charge in [0.1, 0.15) is 0 Å². The van der Waals surface area contributed by atoms with Crippen LogP contribution in [0.25, 0.3) is 0 Å². The average molecular weight is 209 g/mol. The quantitative estimate of drug-likeness (QED) is 0.318. The summed E-state index contributed by atoms with van der Waals surface area (Å²) >= 11 is 0. The Morgan fingerprint density at radius 1 is 1.55 bits per heavy atom. The Morgan fingerprint density at radius 2 is 1.82 bits per heavy atom. The third-order valence-corrected chi connectivity index (χ3v) is 0.368. The number of carbonyl (C=O) groups is 2. The number of methoxy groups -OCH3 is 1. The van der Waals surface area contributed by atoms with Crippen molar-refractivity contribution < 1.29 is 36.5 Å². The van der Waals surface area contributed by atoms with Gasteiger partial charge in [-0.1, -0.05) is 6.58 Å². The Kier molecular flexibility index (Phi) is 18.1. The van der Waals surface area contributed by atoms with E-state index in [1.807, 2.05) is 0 Å². The number of carbonyl (C=O) groups excluding carboxylic acids is 2. The Balaban J connectivity index is -0.000000114. The second kappa shape index (κ2) is 11.9. The van der Waals surface area contributed by atoms with E-state index in [1.165, 1.54) is 7.11 Å². The number of hydrogen-bond acceptors (Lipinski definition) is 4. The van der Waals surface area contributed by atoms with Crippen molar-refractivity contribution in [2.75, 3.05) is 7.11 Å². The first-order valence-electron chi connectivity index (χ1n) is 2.42. The van der Waals surface area contributed by atoms with E-state index in [0.717, 1.165) is 13.0 Å². The first-order valence-corrected chi connectivity index (χ1v) is 2.42. The van der Waals surface area contributed by atoms with Gasteiger partial charge in [0.05, 0.1) is 7.11 Å². The summed E-state index contributed by atoms with van der Waals surface area (Å²) in [6.07, 6.45) is 1.11. The van der Waals surface area contributed by atoms with Crippen LogP contribution in [0, 0.1) is 0 Å². The molecule has 68 valence electrons. The zero-order chi connectivity index (χ0) is 8.57. The van der Waals surface area contributed by atoms with Crippen molar-refractivity contribution in [2.24, 2.45) is 0 Å². The molecule has 0 aromatic heterocycles. The fourth-order valence-corrected chi connectivity index (χ4v) is 0.0833. The molecule has 0 rings (SSSR count). The van der Waals surface area contributed by atoms with Crippen molar-refractivity contribution in [3.63, 3.8) is 0 Å². The molecule has 5 heteroatoms. The molecule has 11 heavy (non-hydrogen) atoms. The molecule has 0 aliphatic heterocycles. The molecular weight excluding hydrogens is 200 g/mol. The van der Waals surface area contributed by atoms with E-state index in [9.17, 15) is 4.79 Å². The fourth-order valence-electron chi connectivity index (χ4n) is 0.0833. The summed E-state index contributed by atoms with van der Waals surface area (Å²) in [6, 6.07) is 0. The van der Waals surface area contributed by atoms with Crippen molar-refractivity contribution in [3.8, 4) is 0 Å². The van der Waals surface area contributed by atoms with E-state index in [0.29, 0.717) is 0 Å². The van der Waals surface area contributed by atoms with Gasteiger partial charge in [-0.15, -0.1) is 0 Å². The Morgan fingerprint density at radius 3 is 1.82 bits per heavy atom. The second-order valence-corrected chi connectivity index (χ2v) is 1.22. The minimum absolute atomic E-state index is 0. The predicted octanol–water partition coefficient (Wildman–Crippen LogP) is -0.901. The van der Waals surface area contributed by atoms with Crippen LogP contribution in [-0.4, -0.2) is 19.0 Å².